The molecule has 3 aromatic carbocycles. The number of para-hydroxylation sites is 1. The molecule has 36 heavy (non-hydrogen) atoms. The predicted octanol–water partition coefficient (Wildman–Crippen LogP) is 4.95. The lowest BCUT2D eigenvalue weighted by atomic mass is 10.0. The minimum atomic E-state index is -0.448. The molecule has 0 radical (unpaired) electrons. The lowest BCUT2D eigenvalue weighted by Gasteiger charge is -2.32. The van der Waals surface area contributed by atoms with Crippen molar-refractivity contribution in [1.29, 1.82) is 0 Å². The summed E-state index contributed by atoms with van der Waals surface area (Å²) in [7, 11) is 1.75. The molecule has 1 saturated heterocycles. The second-order valence-corrected chi connectivity index (χ2v) is 8.91. The third kappa shape index (κ3) is 6.37. The molecular weight excluding hydrogens is 454 g/mol. The molecule has 186 valence electrons. The summed E-state index contributed by atoms with van der Waals surface area (Å²) in [4.78, 5) is 40.5. The minimum absolute atomic E-state index is 0.149. The Hall–Kier alpha value is -3.97. The van der Waals surface area contributed by atoms with Crippen molar-refractivity contribution >= 4 is 24.0 Å². The molecule has 3 aromatic rings. The average Bonchev–Trinajstić information content (AvgIpc) is 2.92. The Morgan fingerprint density at radius 1 is 0.972 bits per heavy atom. The van der Waals surface area contributed by atoms with Crippen LogP contribution >= 0.6 is 0 Å². The first-order valence-corrected chi connectivity index (χ1v) is 12.2. The van der Waals surface area contributed by atoms with Crippen LogP contribution in [0.4, 0.5) is 10.5 Å². The molecule has 1 N–H and O–H groups in total. The number of nitrogens with one attached hydrogen (secondary N) is 1. The van der Waals surface area contributed by atoms with Gasteiger partial charge in [-0.1, -0.05) is 66.7 Å². The summed E-state index contributed by atoms with van der Waals surface area (Å²) in [6.45, 7) is 2.83. The number of likely N-dealkylation sites (N-methyl/N-ethyl adjacent to an activating group) is 1. The van der Waals surface area contributed by atoms with Crippen molar-refractivity contribution in [3.63, 3.8) is 0 Å². The van der Waals surface area contributed by atoms with E-state index in [1.165, 1.54) is 0 Å². The van der Waals surface area contributed by atoms with E-state index in [4.69, 9.17) is 4.74 Å². The SMILES string of the molecule is CN(CCN1CCC(OC(=O)Nc2ccccc2-c2ccccc2)CC1)C(=O)c1ccccc1C=O. The topological polar surface area (TPSA) is 79.0 Å². The van der Waals surface area contributed by atoms with Crippen molar-refractivity contribution in [1.82, 2.24) is 9.80 Å². The lowest BCUT2D eigenvalue weighted by Crippen LogP contribution is -2.42. The first-order chi connectivity index (χ1) is 17.5. The molecule has 7 heteroatoms. The van der Waals surface area contributed by atoms with Crippen molar-refractivity contribution in [2.24, 2.45) is 0 Å². The van der Waals surface area contributed by atoms with Gasteiger partial charge in [-0.15, -0.1) is 0 Å². The van der Waals surface area contributed by atoms with Crippen LogP contribution in [0.3, 0.4) is 0 Å². The van der Waals surface area contributed by atoms with Crippen LogP contribution in [0.25, 0.3) is 11.1 Å². The van der Waals surface area contributed by atoms with E-state index in [-0.39, 0.29) is 12.0 Å². The van der Waals surface area contributed by atoms with Gasteiger partial charge in [0.15, 0.2) is 6.29 Å². The third-order valence-electron chi connectivity index (χ3n) is 6.47. The van der Waals surface area contributed by atoms with E-state index in [1.807, 2.05) is 54.6 Å². The Morgan fingerprint density at radius 3 is 2.39 bits per heavy atom. The maximum Gasteiger partial charge on any atom is 0.411 e. The number of hydrogen-bond acceptors (Lipinski definition) is 5. The molecule has 1 aliphatic rings. The number of nitrogens with zero attached hydrogens (tertiary/aromatic N) is 2. The van der Waals surface area contributed by atoms with Crippen molar-refractivity contribution in [3.8, 4) is 11.1 Å². The standard InChI is InChI=1S/C29H31N3O4/c1-31(28(34)26-13-6-5-11-23(26)21-33)19-20-32-17-15-24(16-18-32)36-29(35)30-27-14-8-7-12-25(27)22-9-3-2-4-10-22/h2-14,21,24H,15-20H2,1H3,(H,30,35). The van der Waals surface area contributed by atoms with Gasteiger partial charge in [0.1, 0.15) is 6.10 Å². The van der Waals surface area contributed by atoms with Crippen molar-refractivity contribution < 1.29 is 19.1 Å². The molecule has 0 saturated carbocycles. The largest absolute Gasteiger partial charge is 0.446 e. The Morgan fingerprint density at radius 2 is 1.64 bits per heavy atom. The number of carbonyl (C=O) groups is 3. The summed E-state index contributed by atoms with van der Waals surface area (Å²) in [5.74, 6) is -0.164. The fourth-order valence-corrected chi connectivity index (χ4v) is 4.40. The fraction of sp³-hybridized carbons (Fsp3) is 0.276. The highest BCUT2D eigenvalue weighted by Gasteiger charge is 2.23. The lowest BCUT2D eigenvalue weighted by molar-refractivity contribution is 0.0540. The molecule has 0 atom stereocenters. The normalized spacial score (nSPS) is 14.1. The van der Waals surface area contributed by atoms with Crippen LogP contribution in [0.5, 0.6) is 0 Å². The molecule has 7 nitrogen and oxygen atoms in total. The van der Waals surface area contributed by atoms with Gasteiger partial charge in [0.05, 0.1) is 11.3 Å². The van der Waals surface area contributed by atoms with Gasteiger partial charge in [-0.3, -0.25) is 14.9 Å². The number of rotatable bonds is 8. The summed E-state index contributed by atoms with van der Waals surface area (Å²) in [5, 5.41) is 2.90. The Labute approximate surface area is 211 Å². The number of amides is 2. The molecule has 0 spiro atoms. The van der Waals surface area contributed by atoms with Crippen LogP contribution in [-0.4, -0.2) is 67.4 Å². The van der Waals surface area contributed by atoms with E-state index < -0.39 is 6.09 Å². The van der Waals surface area contributed by atoms with Gasteiger partial charge in [-0.05, 0) is 30.5 Å². The molecule has 1 heterocycles. The first kappa shape index (κ1) is 25.1. The molecule has 0 bridgehead atoms. The van der Waals surface area contributed by atoms with E-state index >= 15 is 0 Å². The van der Waals surface area contributed by atoms with Gasteiger partial charge in [-0.2, -0.15) is 0 Å². The predicted molar refractivity (Wildman–Crippen MR) is 140 cm³/mol. The molecule has 1 aliphatic heterocycles. The summed E-state index contributed by atoms with van der Waals surface area (Å²) in [6, 6.07) is 24.4. The quantitative estimate of drug-likeness (QED) is 0.457. The zero-order valence-electron chi connectivity index (χ0n) is 20.4. The molecule has 0 aromatic heterocycles. The Kier molecular flexibility index (Phi) is 8.47. The Balaban J connectivity index is 1.23. The fourth-order valence-electron chi connectivity index (χ4n) is 4.40. The Bertz CT molecular complexity index is 1190. The highest BCUT2D eigenvalue weighted by atomic mass is 16.6. The zero-order chi connectivity index (χ0) is 25.3. The van der Waals surface area contributed by atoms with Crippen molar-refractivity contribution in [2.75, 3.05) is 38.5 Å². The maximum absolute atomic E-state index is 12.7. The highest BCUT2D eigenvalue weighted by Crippen LogP contribution is 2.28. The average molecular weight is 486 g/mol. The van der Waals surface area contributed by atoms with Crippen molar-refractivity contribution in [3.05, 3.63) is 90.0 Å². The molecule has 2 amide bonds. The summed E-state index contributed by atoms with van der Waals surface area (Å²) in [5.41, 5.74) is 3.51. The van der Waals surface area contributed by atoms with E-state index in [1.54, 1.807) is 36.2 Å². The number of anilines is 1. The van der Waals surface area contributed by atoms with E-state index in [2.05, 4.69) is 10.2 Å². The van der Waals surface area contributed by atoms with Gasteiger partial charge < -0.3 is 14.5 Å². The van der Waals surface area contributed by atoms with E-state index in [9.17, 15) is 14.4 Å². The molecule has 0 unspecified atom stereocenters. The summed E-state index contributed by atoms with van der Waals surface area (Å²) < 4.78 is 5.71. The second-order valence-electron chi connectivity index (χ2n) is 8.91. The molecule has 1 fully saturated rings. The van der Waals surface area contributed by atoms with Gasteiger partial charge in [0, 0.05) is 44.4 Å². The number of hydrogen-bond donors (Lipinski definition) is 1. The second kappa shape index (κ2) is 12.1. The van der Waals surface area contributed by atoms with Crippen LogP contribution in [0.2, 0.25) is 0 Å². The minimum Gasteiger partial charge on any atom is -0.446 e. The third-order valence-corrected chi connectivity index (χ3v) is 6.47. The van der Waals surface area contributed by atoms with Crippen LogP contribution in [-0.2, 0) is 4.74 Å². The van der Waals surface area contributed by atoms with E-state index in [0.29, 0.717) is 24.0 Å². The number of carbonyl (C=O) groups excluding carboxylic acids is 3. The number of aldehydes is 1. The van der Waals surface area contributed by atoms with E-state index in [0.717, 1.165) is 49.3 Å². The molecule has 4 rings (SSSR count). The highest BCUT2D eigenvalue weighted by molar-refractivity contribution is 6.01. The van der Waals surface area contributed by atoms with Gasteiger partial charge in [-0.25, -0.2) is 4.79 Å². The summed E-state index contributed by atoms with van der Waals surface area (Å²) in [6.07, 6.45) is 1.58. The zero-order valence-corrected chi connectivity index (χ0v) is 20.4. The maximum atomic E-state index is 12.7. The monoisotopic (exact) mass is 485 g/mol. The van der Waals surface area contributed by atoms with Crippen LogP contribution in [0.1, 0.15) is 33.6 Å². The molecule has 0 aliphatic carbocycles. The van der Waals surface area contributed by atoms with Gasteiger partial charge >= 0.3 is 6.09 Å². The smallest absolute Gasteiger partial charge is 0.411 e. The number of benzene rings is 3. The van der Waals surface area contributed by atoms with Gasteiger partial charge in [0.25, 0.3) is 5.91 Å². The van der Waals surface area contributed by atoms with Crippen LogP contribution in [0.15, 0.2) is 78.9 Å². The van der Waals surface area contributed by atoms with Crippen molar-refractivity contribution in [2.45, 2.75) is 18.9 Å². The summed E-state index contributed by atoms with van der Waals surface area (Å²) >= 11 is 0. The van der Waals surface area contributed by atoms with Crippen LogP contribution < -0.4 is 5.32 Å². The number of piperidine rings is 1. The molecular formula is C29H31N3O4. The van der Waals surface area contributed by atoms with Gasteiger partial charge in [0.2, 0.25) is 0 Å². The number of ether oxygens (including phenoxy) is 1. The number of likely N-dealkylation sites (tertiary alicyclic amines) is 1. The first-order valence-electron chi connectivity index (χ1n) is 12.2. The van der Waals surface area contributed by atoms with Crippen LogP contribution in [0, 0.1) is 0 Å².